The van der Waals surface area contributed by atoms with E-state index < -0.39 is 10.2 Å². The van der Waals surface area contributed by atoms with Gasteiger partial charge < -0.3 is 9.64 Å². The monoisotopic (exact) mass is 367 g/mol. The minimum atomic E-state index is -3.41. The van der Waals surface area contributed by atoms with Crippen LogP contribution in [-0.4, -0.2) is 74.7 Å². The molecule has 1 unspecified atom stereocenters. The van der Waals surface area contributed by atoms with Crippen molar-refractivity contribution < 1.29 is 17.9 Å². The van der Waals surface area contributed by atoms with Gasteiger partial charge in [0, 0.05) is 46.2 Å². The maximum atomic E-state index is 12.9. The standard InChI is InChI=1S/C17H25N3O4S/c1-18(2)25(22,23)20-10-8-19(9-11-20)17(21)15-7-12-24-16-6-4-3-5-14(16)13-15/h3-6,15H,7-13H2,1-2H3. The average molecular weight is 367 g/mol. The number of para-hydroxylation sites is 1. The van der Waals surface area contributed by atoms with Crippen LogP contribution in [0.5, 0.6) is 5.75 Å². The minimum Gasteiger partial charge on any atom is -0.493 e. The smallest absolute Gasteiger partial charge is 0.281 e. The first-order chi connectivity index (χ1) is 11.9. The van der Waals surface area contributed by atoms with Gasteiger partial charge in [0.15, 0.2) is 0 Å². The number of piperazine rings is 1. The predicted molar refractivity (Wildman–Crippen MR) is 94.5 cm³/mol. The summed E-state index contributed by atoms with van der Waals surface area (Å²) in [6.07, 6.45) is 1.36. The Morgan fingerprint density at radius 2 is 1.84 bits per heavy atom. The molecule has 1 aromatic rings. The molecule has 0 aromatic heterocycles. The normalized spacial score (nSPS) is 22.2. The number of rotatable bonds is 3. The Hall–Kier alpha value is -1.64. The molecular formula is C17H25N3O4S. The van der Waals surface area contributed by atoms with E-state index in [-0.39, 0.29) is 11.8 Å². The van der Waals surface area contributed by atoms with Gasteiger partial charge in [0.25, 0.3) is 10.2 Å². The van der Waals surface area contributed by atoms with Crippen LogP contribution in [0.1, 0.15) is 12.0 Å². The van der Waals surface area contributed by atoms with Gasteiger partial charge in [0.2, 0.25) is 5.91 Å². The third kappa shape index (κ3) is 3.80. The molecule has 2 aliphatic heterocycles. The van der Waals surface area contributed by atoms with Crippen molar-refractivity contribution in [1.29, 1.82) is 0 Å². The van der Waals surface area contributed by atoms with E-state index in [1.165, 1.54) is 22.7 Å². The number of carbonyl (C=O) groups excluding carboxylic acids is 1. The quantitative estimate of drug-likeness (QED) is 0.784. The molecule has 1 atom stereocenters. The molecule has 25 heavy (non-hydrogen) atoms. The summed E-state index contributed by atoms with van der Waals surface area (Å²) in [5, 5.41) is 0. The fraction of sp³-hybridized carbons (Fsp3) is 0.588. The summed E-state index contributed by atoms with van der Waals surface area (Å²) in [4.78, 5) is 14.7. The molecule has 0 spiro atoms. The van der Waals surface area contributed by atoms with Crippen molar-refractivity contribution in [3.05, 3.63) is 29.8 Å². The number of hydrogen-bond acceptors (Lipinski definition) is 4. The van der Waals surface area contributed by atoms with E-state index in [1.54, 1.807) is 4.90 Å². The van der Waals surface area contributed by atoms with Gasteiger partial charge in [-0.2, -0.15) is 17.0 Å². The molecule has 1 amide bonds. The Morgan fingerprint density at radius 3 is 2.52 bits per heavy atom. The summed E-state index contributed by atoms with van der Waals surface area (Å²) >= 11 is 0. The number of hydrogen-bond donors (Lipinski definition) is 0. The van der Waals surface area contributed by atoms with Crippen LogP contribution in [0, 0.1) is 5.92 Å². The molecule has 3 rings (SSSR count). The zero-order chi connectivity index (χ0) is 18.0. The van der Waals surface area contributed by atoms with Gasteiger partial charge in [0.1, 0.15) is 5.75 Å². The zero-order valence-electron chi connectivity index (χ0n) is 14.7. The molecule has 7 nitrogen and oxygen atoms in total. The number of ether oxygens (including phenoxy) is 1. The van der Waals surface area contributed by atoms with Gasteiger partial charge in [-0.3, -0.25) is 4.79 Å². The Bertz CT molecular complexity index is 727. The minimum absolute atomic E-state index is 0.0993. The van der Waals surface area contributed by atoms with Crippen molar-refractivity contribution in [2.75, 3.05) is 46.9 Å². The van der Waals surface area contributed by atoms with Crippen molar-refractivity contribution in [3.8, 4) is 5.75 Å². The number of benzene rings is 1. The van der Waals surface area contributed by atoms with Crippen LogP contribution in [0.4, 0.5) is 0 Å². The molecule has 0 saturated carbocycles. The molecule has 138 valence electrons. The van der Waals surface area contributed by atoms with E-state index in [9.17, 15) is 13.2 Å². The zero-order valence-corrected chi connectivity index (χ0v) is 15.5. The number of amides is 1. The third-order valence-corrected chi connectivity index (χ3v) is 6.79. The summed E-state index contributed by atoms with van der Waals surface area (Å²) in [5.74, 6) is 0.850. The first-order valence-electron chi connectivity index (χ1n) is 8.56. The van der Waals surface area contributed by atoms with Crippen molar-refractivity contribution in [2.45, 2.75) is 12.8 Å². The van der Waals surface area contributed by atoms with E-state index >= 15 is 0 Å². The van der Waals surface area contributed by atoms with Crippen LogP contribution in [0.25, 0.3) is 0 Å². The lowest BCUT2D eigenvalue weighted by molar-refractivity contribution is -0.137. The fourth-order valence-corrected chi connectivity index (χ4v) is 4.42. The Balaban J connectivity index is 1.63. The Labute approximate surface area is 149 Å². The van der Waals surface area contributed by atoms with Crippen molar-refractivity contribution in [2.24, 2.45) is 5.92 Å². The highest BCUT2D eigenvalue weighted by atomic mass is 32.2. The number of carbonyl (C=O) groups is 1. The third-order valence-electron chi connectivity index (χ3n) is 4.85. The van der Waals surface area contributed by atoms with E-state index in [2.05, 4.69) is 0 Å². The second kappa shape index (κ2) is 7.31. The largest absolute Gasteiger partial charge is 0.493 e. The van der Waals surface area contributed by atoms with Crippen molar-refractivity contribution in [3.63, 3.8) is 0 Å². The van der Waals surface area contributed by atoms with Crippen LogP contribution in [0.2, 0.25) is 0 Å². The van der Waals surface area contributed by atoms with Crippen LogP contribution in [0.3, 0.4) is 0 Å². The molecule has 0 bridgehead atoms. The first kappa shape index (κ1) is 18.2. The lowest BCUT2D eigenvalue weighted by Gasteiger charge is -2.36. The maximum Gasteiger partial charge on any atom is 0.281 e. The molecule has 2 aliphatic rings. The fourth-order valence-electron chi connectivity index (χ4n) is 3.33. The summed E-state index contributed by atoms with van der Waals surface area (Å²) in [5.41, 5.74) is 1.06. The second-order valence-electron chi connectivity index (χ2n) is 6.66. The van der Waals surface area contributed by atoms with Crippen LogP contribution in [-0.2, 0) is 21.4 Å². The molecule has 0 N–H and O–H groups in total. The van der Waals surface area contributed by atoms with Gasteiger partial charge in [-0.1, -0.05) is 18.2 Å². The molecule has 0 aliphatic carbocycles. The predicted octanol–water partition coefficient (Wildman–Crippen LogP) is 0.578. The molecule has 1 fully saturated rings. The number of fused-ring (bicyclic) bond motifs is 1. The molecule has 8 heteroatoms. The first-order valence-corrected chi connectivity index (χ1v) is 9.96. The lowest BCUT2D eigenvalue weighted by Crippen LogP contribution is -2.54. The number of nitrogens with zero attached hydrogens (tertiary/aromatic N) is 3. The van der Waals surface area contributed by atoms with Crippen LogP contribution >= 0.6 is 0 Å². The van der Waals surface area contributed by atoms with Gasteiger partial charge >= 0.3 is 0 Å². The summed E-state index contributed by atoms with van der Waals surface area (Å²) < 4.78 is 32.7. The van der Waals surface area contributed by atoms with E-state index in [0.29, 0.717) is 45.6 Å². The van der Waals surface area contributed by atoms with Gasteiger partial charge in [0.05, 0.1) is 6.61 Å². The van der Waals surface area contributed by atoms with Crippen molar-refractivity contribution >= 4 is 16.1 Å². The van der Waals surface area contributed by atoms with Crippen LogP contribution in [0.15, 0.2) is 24.3 Å². The van der Waals surface area contributed by atoms with Crippen molar-refractivity contribution in [1.82, 2.24) is 13.5 Å². The van der Waals surface area contributed by atoms with E-state index in [4.69, 9.17) is 4.74 Å². The maximum absolute atomic E-state index is 12.9. The summed E-state index contributed by atoms with van der Waals surface area (Å²) in [7, 11) is -0.364. The topological polar surface area (TPSA) is 70.2 Å². The summed E-state index contributed by atoms with van der Waals surface area (Å²) in [6.45, 7) is 2.08. The molecule has 0 radical (unpaired) electrons. The van der Waals surface area contributed by atoms with Gasteiger partial charge in [-0.05, 0) is 24.5 Å². The molecule has 1 aromatic carbocycles. The lowest BCUT2D eigenvalue weighted by atomic mass is 9.95. The Kier molecular flexibility index (Phi) is 5.31. The summed E-state index contributed by atoms with van der Waals surface area (Å²) in [6, 6.07) is 7.83. The molecule has 1 saturated heterocycles. The van der Waals surface area contributed by atoms with E-state index in [0.717, 1.165) is 11.3 Å². The molecule has 2 heterocycles. The highest BCUT2D eigenvalue weighted by Crippen LogP contribution is 2.28. The second-order valence-corrected chi connectivity index (χ2v) is 8.80. The van der Waals surface area contributed by atoms with E-state index in [1.807, 2.05) is 24.3 Å². The highest BCUT2D eigenvalue weighted by Gasteiger charge is 2.33. The van der Waals surface area contributed by atoms with Gasteiger partial charge in [-0.25, -0.2) is 0 Å². The average Bonchev–Trinajstić information content (AvgIpc) is 2.83. The highest BCUT2D eigenvalue weighted by molar-refractivity contribution is 7.86. The van der Waals surface area contributed by atoms with Crippen LogP contribution < -0.4 is 4.74 Å². The Morgan fingerprint density at radius 1 is 1.16 bits per heavy atom. The SMILES string of the molecule is CN(C)S(=O)(=O)N1CCN(C(=O)C2CCOc3ccccc3C2)CC1. The van der Waals surface area contributed by atoms with Gasteiger partial charge in [-0.15, -0.1) is 0 Å². The molecular weight excluding hydrogens is 342 g/mol.